The van der Waals surface area contributed by atoms with Gasteiger partial charge in [0, 0.05) is 18.7 Å². The Morgan fingerprint density at radius 2 is 1.85 bits per heavy atom. The molecule has 7 heteroatoms. The zero-order chi connectivity index (χ0) is 14.3. The van der Waals surface area contributed by atoms with E-state index in [0.717, 1.165) is 17.7 Å². The summed E-state index contributed by atoms with van der Waals surface area (Å²) in [5.74, 6) is -0.233. The molecule has 2 heterocycles. The van der Waals surface area contributed by atoms with Gasteiger partial charge >= 0.3 is 6.03 Å². The van der Waals surface area contributed by atoms with Gasteiger partial charge in [0.2, 0.25) is 0 Å². The molecule has 104 valence electrons. The number of nitro groups is 1. The van der Waals surface area contributed by atoms with Crippen LogP contribution in [0.3, 0.4) is 0 Å². The van der Waals surface area contributed by atoms with Gasteiger partial charge in [0.25, 0.3) is 11.6 Å². The number of amides is 3. The summed E-state index contributed by atoms with van der Waals surface area (Å²) in [6, 6.07) is 4.78. The largest absolute Gasteiger partial charge is 0.332 e. The van der Waals surface area contributed by atoms with Crippen LogP contribution in [0.15, 0.2) is 24.3 Å². The molecule has 20 heavy (non-hydrogen) atoms. The van der Waals surface area contributed by atoms with Gasteiger partial charge < -0.3 is 4.90 Å². The molecule has 2 aliphatic rings. The Labute approximate surface area is 114 Å². The van der Waals surface area contributed by atoms with Crippen LogP contribution in [-0.2, 0) is 4.79 Å². The number of rotatable bonds is 2. The maximum atomic E-state index is 12.3. The summed E-state index contributed by atoms with van der Waals surface area (Å²) in [7, 11) is 0. The first-order valence-electron chi connectivity index (χ1n) is 6.48. The van der Waals surface area contributed by atoms with Crippen molar-refractivity contribution in [3.63, 3.8) is 0 Å². The second-order valence-electron chi connectivity index (χ2n) is 4.93. The second-order valence-corrected chi connectivity index (χ2v) is 4.93. The molecule has 0 N–H and O–H groups in total. The maximum Gasteiger partial charge on any atom is 0.332 e. The van der Waals surface area contributed by atoms with Gasteiger partial charge in [-0.2, -0.15) is 0 Å². The van der Waals surface area contributed by atoms with Crippen LogP contribution in [0.25, 0.3) is 0 Å². The van der Waals surface area contributed by atoms with Gasteiger partial charge in [-0.05, 0) is 31.4 Å². The van der Waals surface area contributed by atoms with Crippen molar-refractivity contribution < 1.29 is 14.5 Å². The zero-order valence-corrected chi connectivity index (χ0v) is 10.7. The van der Waals surface area contributed by atoms with Crippen LogP contribution in [0, 0.1) is 10.1 Å². The summed E-state index contributed by atoms with van der Waals surface area (Å²) in [6.45, 7) is 0.596. The van der Waals surface area contributed by atoms with Crippen LogP contribution in [0.4, 0.5) is 16.2 Å². The molecule has 0 spiro atoms. The molecule has 2 aliphatic heterocycles. The van der Waals surface area contributed by atoms with Crippen molar-refractivity contribution in [2.45, 2.75) is 25.3 Å². The molecule has 0 aromatic heterocycles. The Morgan fingerprint density at radius 3 is 2.45 bits per heavy atom. The fraction of sp³-hybridized carbons (Fsp3) is 0.385. The predicted octanol–water partition coefficient (Wildman–Crippen LogP) is 1.92. The van der Waals surface area contributed by atoms with Crippen molar-refractivity contribution in [2.75, 3.05) is 11.4 Å². The first-order chi connectivity index (χ1) is 9.59. The van der Waals surface area contributed by atoms with E-state index >= 15 is 0 Å². The molecule has 1 aromatic carbocycles. The number of carbonyl (C=O) groups is 2. The van der Waals surface area contributed by atoms with Gasteiger partial charge in [0.15, 0.2) is 0 Å². The Bertz CT molecular complexity index is 560. The number of nitro benzene ring substituents is 1. The minimum atomic E-state index is -0.513. The molecule has 0 aliphatic carbocycles. The lowest BCUT2D eigenvalue weighted by Crippen LogP contribution is -2.39. The highest BCUT2D eigenvalue weighted by Gasteiger charge is 2.46. The number of imide groups is 1. The number of hydrogen-bond donors (Lipinski definition) is 0. The van der Waals surface area contributed by atoms with Gasteiger partial charge in [-0.15, -0.1) is 0 Å². The molecule has 3 rings (SSSR count). The molecule has 0 saturated carbocycles. The van der Waals surface area contributed by atoms with Crippen LogP contribution >= 0.6 is 0 Å². The highest BCUT2D eigenvalue weighted by molar-refractivity contribution is 6.21. The highest BCUT2D eigenvalue weighted by atomic mass is 16.6. The number of benzene rings is 1. The fourth-order valence-electron chi connectivity index (χ4n) is 2.75. The summed E-state index contributed by atoms with van der Waals surface area (Å²) < 4.78 is 0. The van der Waals surface area contributed by atoms with Crippen LogP contribution in [0.5, 0.6) is 0 Å². The van der Waals surface area contributed by atoms with E-state index in [-0.39, 0.29) is 23.7 Å². The number of non-ortho nitro benzene ring substituents is 1. The van der Waals surface area contributed by atoms with Crippen LogP contribution in [-0.4, -0.2) is 34.3 Å². The topological polar surface area (TPSA) is 83.8 Å². The monoisotopic (exact) mass is 275 g/mol. The van der Waals surface area contributed by atoms with Crippen molar-refractivity contribution in [3.8, 4) is 0 Å². The van der Waals surface area contributed by atoms with E-state index < -0.39 is 4.92 Å². The van der Waals surface area contributed by atoms with Crippen LogP contribution in [0.1, 0.15) is 19.3 Å². The number of fused-ring (bicyclic) bond motifs is 1. The molecule has 1 atom stereocenters. The quantitative estimate of drug-likeness (QED) is 0.469. The van der Waals surface area contributed by atoms with E-state index in [9.17, 15) is 19.7 Å². The summed E-state index contributed by atoms with van der Waals surface area (Å²) in [5, 5.41) is 10.6. The summed E-state index contributed by atoms with van der Waals surface area (Å²) in [4.78, 5) is 37.4. The van der Waals surface area contributed by atoms with Gasteiger partial charge in [-0.3, -0.25) is 14.9 Å². The van der Waals surface area contributed by atoms with Crippen molar-refractivity contribution in [2.24, 2.45) is 0 Å². The third kappa shape index (κ3) is 1.82. The van der Waals surface area contributed by atoms with E-state index in [0.29, 0.717) is 18.7 Å². The standard InChI is InChI=1S/C13H13N3O4/c17-12-11-3-1-2-8-14(11)13(18)15(12)9-4-6-10(7-5-9)16(19)20/h4-7,11H,1-3,8H2. The van der Waals surface area contributed by atoms with E-state index in [1.54, 1.807) is 4.90 Å². The zero-order valence-electron chi connectivity index (χ0n) is 10.7. The molecular weight excluding hydrogens is 262 g/mol. The van der Waals surface area contributed by atoms with Gasteiger partial charge in [-0.25, -0.2) is 9.69 Å². The summed E-state index contributed by atoms with van der Waals surface area (Å²) >= 11 is 0. The second kappa shape index (κ2) is 4.59. The molecular formula is C13H13N3O4. The number of nitrogens with zero attached hydrogens (tertiary/aromatic N) is 3. The van der Waals surface area contributed by atoms with Crippen LogP contribution < -0.4 is 4.90 Å². The van der Waals surface area contributed by atoms with Gasteiger partial charge in [0.1, 0.15) is 6.04 Å². The van der Waals surface area contributed by atoms with Gasteiger partial charge in [0.05, 0.1) is 10.6 Å². The maximum absolute atomic E-state index is 12.3. The Balaban J connectivity index is 1.91. The third-order valence-corrected chi connectivity index (χ3v) is 3.76. The first kappa shape index (κ1) is 12.6. The molecule has 0 bridgehead atoms. The molecule has 2 saturated heterocycles. The van der Waals surface area contributed by atoms with Crippen molar-refractivity contribution in [1.82, 2.24) is 4.90 Å². The Hall–Kier alpha value is -2.44. The summed E-state index contributed by atoms with van der Waals surface area (Å²) in [6.07, 6.45) is 2.53. The normalized spacial score (nSPS) is 22.1. The lowest BCUT2D eigenvalue weighted by Gasteiger charge is -2.25. The smallest absolute Gasteiger partial charge is 0.312 e. The summed E-state index contributed by atoms with van der Waals surface area (Å²) in [5.41, 5.74) is 0.325. The molecule has 7 nitrogen and oxygen atoms in total. The number of carbonyl (C=O) groups excluding carboxylic acids is 2. The number of hydrogen-bond acceptors (Lipinski definition) is 4. The van der Waals surface area contributed by atoms with E-state index in [2.05, 4.69) is 0 Å². The lowest BCUT2D eigenvalue weighted by molar-refractivity contribution is -0.384. The van der Waals surface area contributed by atoms with Crippen LogP contribution in [0.2, 0.25) is 0 Å². The van der Waals surface area contributed by atoms with Crippen molar-refractivity contribution in [3.05, 3.63) is 34.4 Å². The lowest BCUT2D eigenvalue weighted by atomic mass is 10.0. The van der Waals surface area contributed by atoms with Crippen molar-refractivity contribution in [1.29, 1.82) is 0 Å². The molecule has 2 fully saturated rings. The average Bonchev–Trinajstić information content (AvgIpc) is 2.72. The van der Waals surface area contributed by atoms with E-state index in [4.69, 9.17) is 0 Å². The molecule has 3 amide bonds. The van der Waals surface area contributed by atoms with Crippen molar-refractivity contribution >= 4 is 23.3 Å². The predicted molar refractivity (Wildman–Crippen MR) is 70.3 cm³/mol. The highest BCUT2D eigenvalue weighted by Crippen LogP contribution is 2.31. The van der Waals surface area contributed by atoms with E-state index in [1.165, 1.54) is 24.3 Å². The number of anilines is 1. The first-order valence-corrected chi connectivity index (χ1v) is 6.48. The average molecular weight is 275 g/mol. The van der Waals surface area contributed by atoms with Gasteiger partial charge in [-0.1, -0.05) is 0 Å². The number of urea groups is 1. The Kier molecular flexibility index (Phi) is 2.89. The van der Waals surface area contributed by atoms with E-state index in [1.807, 2.05) is 0 Å². The minimum Gasteiger partial charge on any atom is -0.312 e. The SMILES string of the molecule is O=C1C2CCCCN2C(=O)N1c1ccc([N+](=O)[O-])cc1. The number of piperidine rings is 1. The molecule has 1 aromatic rings. The minimum absolute atomic E-state index is 0.0643. The Morgan fingerprint density at radius 1 is 1.15 bits per heavy atom. The molecule has 1 unspecified atom stereocenters. The third-order valence-electron chi connectivity index (χ3n) is 3.76. The fourth-order valence-corrected chi connectivity index (χ4v) is 2.75. The molecule has 0 radical (unpaired) electrons.